The van der Waals surface area contributed by atoms with Gasteiger partial charge in [-0.2, -0.15) is 0 Å². The second-order valence-corrected chi connectivity index (χ2v) is 4.30. The Balaban J connectivity index is 2.41. The number of nitro groups is 1. The molecule has 1 aliphatic carbocycles. The number of hydrogen-bond acceptors (Lipinski definition) is 5. The van der Waals surface area contributed by atoms with E-state index in [9.17, 15) is 10.1 Å². The topological polar surface area (TPSA) is 95.2 Å². The van der Waals surface area contributed by atoms with E-state index in [0.29, 0.717) is 17.1 Å². The molecule has 0 saturated carbocycles. The molecule has 0 aromatic rings. The second-order valence-electron chi connectivity index (χ2n) is 3.18. The smallest absolute Gasteiger partial charge is 0.266 e. The third kappa shape index (κ3) is 1.75. The fourth-order valence-corrected chi connectivity index (χ4v) is 2.41. The Bertz CT molecular complexity index is 460. The number of thioether (sulfide) groups is 1. The van der Waals surface area contributed by atoms with Crippen LogP contribution in [0.2, 0.25) is 0 Å². The van der Waals surface area contributed by atoms with Crippen LogP contribution in [-0.4, -0.2) is 4.92 Å². The van der Waals surface area contributed by atoms with E-state index in [-0.39, 0.29) is 5.70 Å². The lowest BCUT2D eigenvalue weighted by molar-refractivity contribution is -0.419. The Hall–Kier alpha value is -1.69. The first-order valence-corrected chi connectivity index (χ1v) is 5.10. The van der Waals surface area contributed by atoms with E-state index in [4.69, 9.17) is 11.5 Å². The van der Waals surface area contributed by atoms with Gasteiger partial charge in [0.1, 0.15) is 0 Å². The van der Waals surface area contributed by atoms with Crippen molar-refractivity contribution in [3.8, 4) is 0 Å². The van der Waals surface area contributed by atoms with E-state index in [2.05, 4.69) is 0 Å². The maximum absolute atomic E-state index is 10.6. The van der Waals surface area contributed by atoms with Gasteiger partial charge in [0.05, 0.1) is 9.95 Å². The summed E-state index contributed by atoms with van der Waals surface area (Å²) < 4.78 is 0. The molecule has 15 heavy (non-hydrogen) atoms. The van der Waals surface area contributed by atoms with Crippen LogP contribution in [0.25, 0.3) is 0 Å². The van der Waals surface area contributed by atoms with E-state index in [0.717, 1.165) is 10.5 Å². The van der Waals surface area contributed by atoms with Crippen molar-refractivity contribution in [3.05, 3.63) is 55.2 Å². The first kappa shape index (κ1) is 9.85. The predicted octanol–water partition coefficient (Wildman–Crippen LogP) is 1.19. The molecular weight excluding hydrogens is 214 g/mol. The van der Waals surface area contributed by atoms with Crippen molar-refractivity contribution in [1.29, 1.82) is 0 Å². The van der Waals surface area contributed by atoms with Crippen LogP contribution in [0.15, 0.2) is 45.1 Å². The van der Waals surface area contributed by atoms with Crippen molar-refractivity contribution in [1.82, 2.24) is 0 Å². The normalized spacial score (nSPS) is 20.1. The molecule has 0 radical (unpaired) electrons. The molecule has 0 amide bonds. The van der Waals surface area contributed by atoms with Gasteiger partial charge in [-0.05, 0) is 17.7 Å². The maximum atomic E-state index is 10.6. The van der Waals surface area contributed by atoms with Gasteiger partial charge in [0.2, 0.25) is 0 Å². The van der Waals surface area contributed by atoms with Gasteiger partial charge in [0.25, 0.3) is 5.70 Å². The van der Waals surface area contributed by atoms with Gasteiger partial charge in [-0.15, -0.1) is 0 Å². The summed E-state index contributed by atoms with van der Waals surface area (Å²) in [5.74, 6) is 0. The molecule has 0 aromatic heterocycles. The summed E-state index contributed by atoms with van der Waals surface area (Å²) in [6, 6.07) is 0. The summed E-state index contributed by atoms with van der Waals surface area (Å²) in [5, 5.41) is 11.1. The van der Waals surface area contributed by atoms with Crippen molar-refractivity contribution < 1.29 is 4.92 Å². The summed E-state index contributed by atoms with van der Waals surface area (Å²) >= 11 is 1.31. The number of rotatable bonds is 1. The van der Waals surface area contributed by atoms with E-state index in [1.807, 2.05) is 0 Å². The number of nitrogens with two attached hydrogens (primary N) is 2. The van der Waals surface area contributed by atoms with Gasteiger partial charge in [0.15, 0.2) is 0 Å². The van der Waals surface area contributed by atoms with Crippen LogP contribution in [0.1, 0.15) is 6.42 Å². The molecule has 0 saturated heterocycles. The molecule has 0 unspecified atom stereocenters. The van der Waals surface area contributed by atoms with Crippen LogP contribution in [-0.2, 0) is 0 Å². The molecule has 0 atom stereocenters. The standard InChI is InChI=1S/C9H9N3O2S/c10-7-4-9(11)15-8-3-5(12(13)14)1-2-6(7)8/h1,3-4H,2,10-11H2. The molecule has 0 spiro atoms. The summed E-state index contributed by atoms with van der Waals surface area (Å²) in [4.78, 5) is 11.0. The molecule has 2 aliphatic rings. The molecule has 4 N–H and O–H groups in total. The lowest BCUT2D eigenvalue weighted by Crippen LogP contribution is -2.12. The van der Waals surface area contributed by atoms with Crippen molar-refractivity contribution in [2.24, 2.45) is 11.5 Å². The van der Waals surface area contributed by atoms with Crippen molar-refractivity contribution in [2.45, 2.75) is 6.42 Å². The molecule has 6 heteroatoms. The van der Waals surface area contributed by atoms with Crippen LogP contribution in [0.3, 0.4) is 0 Å². The van der Waals surface area contributed by atoms with Gasteiger partial charge >= 0.3 is 0 Å². The van der Waals surface area contributed by atoms with Gasteiger partial charge in [0, 0.05) is 23.1 Å². The van der Waals surface area contributed by atoms with Crippen LogP contribution in [0.5, 0.6) is 0 Å². The van der Waals surface area contributed by atoms with E-state index < -0.39 is 4.92 Å². The minimum absolute atomic E-state index is 0.101. The van der Waals surface area contributed by atoms with E-state index in [1.165, 1.54) is 17.8 Å². The van der Waals surface area contributed by atoms with Gasteiger partial charge < -0.3 is 11.5 Å². The summed E-state index contributed by atoms with van der Waals surface area (Å²) in [5.41, 5.74) is 13.0. The fraction of sp³-hybridized carbons (Fsp3) is 0.111. The van der Waals surface area contributed by atoms with Crippen LogP contribution < -0.4 is 11.5 Å². The largest absolute Gasteiger partial charge is 0.398 e. The molecule has 1 aliphatic heterocycles. The monoisotopic (exact) mass is 223 g/mol. The Kier molecular flexibility index (Phi) is 2.28. The minimum atomic E-state index is -0.408. The van der Waals surface area contributed by atoms with E-state index in [1.54, 1.807) is 12.2 Å². The Morgan fingerprint density at radius 2 is 2.13 bits per heavy atom. The Morgan fingerprint density at radius 1 is 1.40 bits per heavy atom. The lowest BCUT2D eigenvalue weighted by Gasteiger charge is -2.19. The number of hydrogen-bond donors (Lipinski definition) is 2. The second kappa shape index (κ2) is 3.47. The first-order valence-electron chi connectivity index (χ1n) is 4.28. The SMILES string of the molecule is NC1=CC(N)=C2CC=C([N+](=O)[O-])C=C2S1. The summed E-state index contributed by atoms with van der Waals surface area (Å²) in [6.45, 7) is 0. The molecule has 0 aromatic carbocycles. The van der Waals surface area contributed by atoms with Crippen molar-refractivity contribution in [3.63, 3.8) is 0 Å². The highest BCUT2D eigenvalue weighted by molar-refractivity contribution is 8.07. The number of allylic oxidation sites excluding steroid dienone is 4. The van der Waals surface area contributed by atoms with Crippen molar-refractivity contribution in [2.75, 3.05) is 0 Å². The third-order valence-electron chi connectivity index (χ3n) is 2.18. The Morgan fingerprint density at radius 3 is 2.80 bits per heavy atom. The zero-order valence-electron chi connectivity index (χ0n) is 7.77. The van der Waals surface area contributed by atoms with Crippen LogP contribution in [0, 0.1) is 10.1 Å². The molecule has 0 fully saturated rings. The fourth-order valence-electron chi connectivity index (χ4n) is 1.46. The molecule has 2 rings (SSSR count). The third-order valence-corrected chi connectivity index (χ3v) is 3.11. The maximum Gasteiger partial charge on any atom is 0.266 e. The van der Waals surface area contributed by atoms with Gasteiger partial charge in [-0.25, -0.2) is 0 Å². The highest BCUT2D eigenvalue weighted by Crippen LogP contribution is 2.39. The predicted molar refractivity (Wildman–Crippen MR) is 58.9 cm³/mol. The average Bonchev–Trinajstić information content (AvgIpc) is 2.16. The van der Waals surface area contributed by atoms with Crippen LogP contribution >= 0.6 is 11.8 Å². The molecular formula is C9H9N3O2S. The van der Waals surface area contributed by atoms with Crippen molar-refractivity contribution >= 4 is 11.8 Å². The quantitative estimate of drug-likeness (QED) is 0.514. The zero-order chi connectivity index (χ0) is 11.0. The highest BCUT2D eigenvalue weighted by Gasteiger charge is 2.23. The summed E-state index contributed by atoms with van der Waals surface area (Å²) in [7, 11) is 0. The molecule has 1 heterocycles. The molecule has 0 bridgehead atoms. The van der Waals surface area contributed by atoms with Crippen LogP contribution in [0.4, 0.5) is 0 Å². The van der Waals surface area contributed by atoms with E-state index >= 15 is 0 Å². The molecule has 5 nitrogen and oxygen atoms in total. The number of nitrogens with zero attached hydrogens (tertiary/aromatic N) is 1. The Labute approximate surface area is 90.3 Å². The zero-order valence-corrected chi connectivity index (χ0v) is 8.58. The number of fused-ring (bicyclic) bond motifs is 1. The first-order chi connectivity index (χ1) is 7.08. The highest BCUT2D eigenvalue weighted by atomic mass is 32.2. The average molecular weight is 223 g/mol. The summed E-state index contributed by atoms with van der Waals surface area (Å²) in [6.07, 6.45) is 5.24. The lowest BCUT2D eigenvalue weighted by atomic mass is 10.0. The van der Waals surface area contributed by atoms with Gasteiger partial charge in [-0.3, -0.25) is 10.1 Å². The minimum Gasteiger partial charge on any atom is -0.398 e. The molecule has 78 valence electrons. The van der Waals surface area contributed by atoms with Gasteiger partial charge in [-0.1, -0.05) is 11.8 Å².